The van der Waals surface area contributed by atoms with Crippen molar-refractivity contribution in [2.24, 2.45) is 4.99 Å². The third-order valence-electron chi connectivity index (χ3n) is 3.74. The molecule has 21 heavy (non-hydrogen) atoms. The molecule has 0 aliphatic heterocycles. The lowest BCUT2D eigenvalue weighted by Crippen LogP contribution is -2.46. The van der Waals surface area contributed by atoms with Crippen molar-refractivity contribution in [2.45, 2.75) is 57.2 Å². The van der Waals surface area contributed by atoms with E-state index < -0.39 is 10.8 Å². The lowest BCUT2D eigenvalue weighted by atomic mass is 9.95. The number of aliphatic imine (C=N–C) groups is 1. The van der Waals surface area contributed by atoms with Gasteiger partial charge in [-0.1, -0.05) is 13.3 Å². The van der Waals surface area contributed by atoms with Gasteiger partial charge in [0.05, 0.1) is 0 Å². The summed E-state index contributed by atoms with van der Waals surface area (Å²) in [7, 11) is 1.03. The van der Waals surface area contributed by atoms with Crippen LogP contribution in [0.25, 0.3) is 0 Å². The summed E-state index contributed by atoms with van der Waals surface area (Å²) in [6.45, 7) is 6.44. The van der Waals surface area contributed by atoms with Gasteiger partial charge in [-0.15, -0.1) is 0 Å². The van der Waals surface area contributed by atoms with Gasteiger partial charge in [0.15, 0.2) is 5.96 Å². The monoisotopic (exact) mass is 317 g/mol. The van der Waals surface area contributed by atoms with Crippen LogP contribution >= 0.6 is 0 Å². The molecule has 1 aliphatic carbocycles. The normalized spacial score (nSPS) is 24.6. The molecule has 6 heteroatoms. The van der Waals surface area contributed by atoms with E-state index in [0.29, 0.717) is 11.3 Å². The molecule has 0 radical (unpaired) electrons. The molecule has 1 aliphatic rings. The summed E-state index contributed by atoms with van der Waals surface area (Å²) in [4.78, 5) is 4.57. The number of rotatable bonds is 8. The summed E-state index contributed by atoms with van der Waals surface area (Å²) in [5.74, 6) is 1.64. The van der Waals surface area contributed by atoms with Gasteiger partial charge in [-0.25, -0.2) is 0 Å². The SMILES string of the molecule is CCNC(=NCCCOC)NC1CCCC(S(=O)CC)C1. The minimum Gasteiger partial charge on any atom is -0.385 e. The molecule has 0 amide bonds. The van der Waals surface area contributed by atoms with E-state index in [2.05, 4.69) is 22.5 Å². The molecule has 0 saturated heterocycles. The lowest BCUT2D eigenvalue weighted by Gasteiger charge is -2.30. The summed E-state index contributed by atoms with van der Waals surface area (Å²) >= 11 is 0. The van der Waals surface area contributed by atoms with Crippen molar-refractivity contribution in [3.8, 4) is 0 Å². The second-order valence-corrected chi connectivity index (χ2v) is 7.41. The fraction of sp³-hybridized carbons (Fsp3) is 0.933. The maximum Gasteiger partial charge on any atom is 0.191 e. The average Bonchev–Trinajstić information content (AvgIpc) is 2.51. The zero-order chi connectivity index (χ0) is 15.5. The highest BCUT2D eigenvalue weighted by Gasteiger charge is 2.25. The summed E-state index contributed by atoms with van der Waals surface area (Å²) in [6, 6.07) is 0.388. The van der Waals surface area contributed by atoms with Crippen LogP contribution in [0.2, 0.25) is 0 Å². The molecule has 0 bridgehead atoms. The standard InChI is InChI=1S/C15H31N3O2S/c1-4-16-15(17-10-7-11-20-3)18-13-8-6-9-14(12-13)21(19)5-2/h13-14H,4-12H2,1-3H3,(H2,16,17,18). The van der Waals surface area contributed by atoms with Gasteiger partial charge < -0.3 is 15.4 Å². The molecule has 3 unspecified atom stereocenters. The number of nitrogens with zero attached hydrogens (tertiary/aromatic N) is 1. The molecule has 0 heterocycles. The van der Waals surface area contributed by atoms with Crippen LogP contribution in [-0.4, -0.2) is 54.0 Å². The van der Waals surface area contributed by atoms with Crippen LogP contribution in [0, 0.1) is 0 Å². The Balaban J connectivity index is 2.47. The van der Waals surface area contributed by atoms with Crippen LogP contribution < -0.4 is 10.6 Å². The number of hydrogen-bond acceptors (Lipinski definition) is 3. The highest BCUT2D eigenvalue weighted by Crippen LogP contribution is 2.22. The Kier molecular flexibility index (Phi) is 9.67. The van der Waals surface area contributed by atoms with E-state index in [0.717, 1.165) is 63.5 Å². The smallest absolute Gasteiger partial charge is 0.191 e. The first kappa shape index (κ1) is 18.4. The highest BCUT2D eigenvalue weighted by molar-refractivity contribution is 7.85. The van der Waals surface area contributed by atoms with Gasteiger partial charge in [-0.05, 0) is 32.6 Å². The Morgan fingerprint density at radius 3 is 2.86 bits per heavy atom. The first-order chi connectivity index (χ1) is 10.2. The van der Waals surface area contributed by atoms with Crippen molar-refractivity contribution < 1.29 is 8.95 Å². The minimum atomic E-state index is -0.678. The molecule has 1 rings (SSSR count). The van der Waals surface area contributed by atoms with E-state index in [1.807, 2.05) is 6.92 Å². The van der Waals surface area contributed by atoms with Crippen LogP contribution in [0.4, 0.5) is 0 Å². The number of methoxy groups -OCH3 is 1. The van der Waals surface area contributed by atoms with Crippen molar-refractivity contribution >= 4 is 16.8 Å². The Bertz CT molecular complexity index is 337. The van der Waals surface area contributed by atoms with Crippen LogP contribution in [0.15, 0.2) is 4.99 Å². The van der Waals surface area contributed by atoms with E-state index in [1.165, 1.54) is 0 Å². The van der Waals surface area contributed by atoms with Gasteiger partial charge in [-0.3, -0.25) is 9.20 Å². The van der Waals surface area contributed by atoms with Gasteiger partial charge in [0.2, 0.25) is 0 Å². The van der Waals surface area contributed by atoms with Gasteiger partial charge >= 0.3 is 0 Å². The first-order valence-corrected chi connectivity index (χ1v) is 9.50. The highest BCUT2D eigenvalue weighted by atomic mass is 32.2. The zero-order valence-corrected chi connectivity index (χ0v) is 14.5. The van der Waals surface area contributed by atoms with Crippen LogP contribution in [-0.2, 0) is 15.5 Å². The van der Waals surface area contributed by atoms with Gasteiger partial charge in [0, 0.05) is 54.7 Å². The Labute approximate surface area is 131 Å². The number of hydrogen-bond donors (Lipinski definition) is 2. The predicted molar refractivity (Wildman–Crippen MR) is 90.3 cm³/mol. The van der Waals surface area contributed by atoms with Gasteiger partial charge in [0.25, 0.3) is 0 Å². The molecule has 2 N–H and O–H groups in total. The molecule has 1 saturated carbocycles. The summed E-state index contributed by atoms with van der Waals surface area (Å²) < 4.78 is 17.0. The molecule has 0 aromatic rings. The van der Waals surface area contributed by atoms with Crippen molar-refractivity contribution in [3.05, 3.63) is 0 Å². The van der Waals surface area contributed by atoms with E-state index in [1.54, 1.807) is 7.11 Å². The molecular weight excluding hydrogens is 286 g/mol. The third kappa shape index (κ3) is 7.27. The van der Waals surface area contributed by atoms with E-state index in [4.69, 9.17) is 4.74 Å². The second kappa shape index (κ2) is 11.0. The number of guanidine groups is 1. The predicted octanol–water partition coefficient (Wildman–Crippen LogP) is 1.66. The Morgan fingerprint density at radius 1 is 1.38 bits per heavy atom. The van der Waals surface area contributed by atoms with Gasteiger partial charge in [0.1, 0.15) is 0 Å². The van der Waals surface area contributed by atoms with E-state index >= 15 is 0 Å². The van der Waals surface area contributed by atoms with Crippen molar-refractivity contribution in [3.63, 3.8) is 0 Å². The molecule has 0 aromatic heterocycles. The quantitative estimate of drug-likeness (QED) is 0.406. The van der Waals surface area contributed by atoms with Crippen LogP contribution in [0.3, 0.4) is 0 Å². The summed E-state index contributed by atoms with van der Waals surface area (Å²) in [6.07, 6.45) is 5.31. The fourth-order valence-corrected chi connectivity index (χ4v) is 4.01. The maximum atomic E-state index is 12.0. The lowest BCUT2D eigenvalue weighted by molar-refractivity contribution is 0.197. The average molecular weight is 317 g/mol. The summed E-state index contributed by atoms with van der Waals surface area (Å²) in [5.41, 5.74) is 0. The third-order valence-corrected chi connectivity index (χ3v) is 5.48. The molecule has 124 valence electrons. The molecule has 1 fully saturated rings. The first-order valence-electron chi connectivity index (χ1n) is 8.12. The van der Waals surface area contributed by atoms with Crippen LogP contribution in [0.5, 0.6) is 0 Å². The maximum absolute atomic E-state index is 12.0. The Morgan fingerprint density at radius 2 is 2.19 bits per heavy atom. The van der Waals surface area contributed by atoms with Crippen LogP contribution in [0.1, 0.15) is 46.0 Å². The topological polar surface area (TPSA) is 62.7 Å². The van der Waals surface area contributed by atoms with E-state index in [9.17, 15) is 4.21 Å². The van der Waals surface area contributed by atoms with E-state index in [-0.39, 0.29) is 0 Å². The summed E-state index contributed by atoms with van der Waals surface area (Å²) in [5, 5.41) is 7.14. The molecule has 0 aromatic carbocycles. The zero-order valence-electron chi connectivity index (χ0n) is 13.7. The Hall–Kier alpha value is -0.620. The van der Waals surface area contributed by atoms with Gasteiger partial charge in [-0.2, -0.15) is 0 Å². The van der Waals surface area contributed by atoms with Crippen molar-refractivity contribution in [2.75, 3.05) is 32.6 Å². The van der Waals surface area contributed by atoms with Crippen molar-refractivity contribution in [1.82, 2.24) is 10.6 Å². The molecule has 3 atom stereocenters. The molecular formula is C15H31N3O2S. The number of ether oxygens (including phenoxy) is 1. The number of nitrogens with one attached hydrogen (secondary N) is 2. The second-order valence-electron chi connectivity index (χ2n) is 5.41. The van der Waals surface area contributed by atoms with Crippen molar-refractivity contribution in [1.29, 1.82) is 0 Å². The largest absolute Gasteiger partial charge is 0.385 e. The minimum absolute atomic E-state index is 0.345. The molecule has 0 spiro atoms. The molecule has 5 nitrogen and oxygen atoms in total. The fourth-order valence-electron chi connectivity index (χ4n) is 2.66.